The van der Waals surface area contributed by atoms with Crippen LogP contribution in [-0.4, -0.2) is 61.8 Å². The molecule has 1 fully saturated rings. The largest absolute Gasteiger partial charge is 0.483 e. The highest BCUT2D eigenvalue weighted by atomic mass is 19.1. The number of hydrogen-bond acceptors (Lipinski definition) is 10. The molecular formula is C36H32FN9O4. The van der Waals surface area contributed by atoms with E-state index < -0.39 is 11.7 Å². The van der Waals surface area contributed by atoms with Crippen LogP contribution in [0, 0.1) is 28.5 Å². The van der Waals surface area contributed by atoms with Gasteiger partial charge in [0.05, 0.1) is 11.1 Å². The van der Waals surface area contributed by atoms with Crippen molar-refractivity contribution < 1.29 is 24.3 Å². The maximum atomic E-state index is 14.9. The van der Waals surface area contributed by atoms with E-state index in [9.17, 15) is 19.7 Å². The van der Waals surface area contributed by atoms with Crippen LogP contribution < -0.4 is 15.7 Å². The second-order valence-electron chi connectivity index (χ2n) is 11.4. The van der Waals surface area contributed by atoms with E-state index in [2.05, 4.69) is 26.6 Å². The number of aromatic nitrogens is 4. The van der Waals surface area contributed by atoms with E-state index in [0.717, 1.165) is 35.0 Å². The number of aryl methyl sites for hydroxylation is 1. The number of halogens is 1. The monoisotopic (exact) mass is 673 g/mol. The summed E-state index contributed by atoms with van der Waals surface area (Å²) in [6.45, 7) is 1.76. The lowest BCUT2D eigenvalue weighted by atomic mass is 9.91. The molecule has 1 amide bonds. The number of carbonyl (C=O) groups excluding carboxylic acids is 1. The Hall–Kier alpha value is -6.48. The number of nitriles is 2. The van der Waals surface area contributed by atoms with Crippen LogP contribution in [0.15, 0.2) is 72.9 Å². The van der Waals surface area contributed by atoms with Crippen molar-refractivity contribution in [3.05, 3.63) is 101 Å². The Kier molecular flexibility index (Phi) is 11.2. The van der Waals surface area contributed by atoms with Gasteiger partial charge in [-0.15, -0.1) is 5.10 Å². The van der Waals surface area contributed by atoms with Crippen molar-refractivity contribution in [2.45, 2.75) is 25.4 Å². The Morgan fingerprint density at radius 3 is 2.44 bits per heavy atom. The molecule has 0 atom stereocenters. The van der Waals surface area contributed by atoms with E-state index >= 15 is 0 Å². The number of hydrogen-bond donors (Lipinski definition) is 4. The molecule has 252 valence electrons. The van der Waals surface area contributed by atoms with Gasteiger partial charge < -0.3 is 15.3 Å². The van der Waals surface area contributed by atoms with Gasteiger partial charge in [-0.2, -0.15) is 10.5 Å². The van der Waals surface area contributed by atoms with E-state index in [1.807, 2.05) is 55.6 Å². The van der Waals surface area contributed by atoms with Crippen LogP contribution in [0.1, 0.15) is 35.1 Å². The third kappa shape index (κ3) is 7.79. The molecule has 4 N–H and O–H groups in total. The number of hydroxylamine groups is 1. The van der Waals surface area contributed by atoms with Crippen molar-refractivity contribution in [2.75, 3.05) is 18.0 Å². The first-order valence-corrected chi connectivity index (χ1v) is 15.5. The molecule has 2 aromatic heterocycles. The number of amides is 1. The van der Waals surface area contributed by atoms with Gasteiger partial charge in [0.1, 0.15) is 34.9 Å². The van der Waals surface area contributed by atoms with Crippen LogP contribution in [0.5, 0.6) is 0 Å². The molecule has 0 saturated carbocycles. The third-order valence-electron chi connectivity index (χ3n) is 8.38. The second kappa shape index (κ2) is 16.1. The first-order chi connectivity index (χ1) is 24.3. The van der Waals surface area contributed by atoms with E-state index in [1.165, 1.54) is 18.2 Å². The number of piperidine rings is 1. The van der Waals surface area contributed by atoms with Gasteiger partial charge in [0.25, 0.3) is 12.4 Å². The van der Waals surface area contributed by atoms with Crippen molar-refractivity contribution in [1.29, 1.82) is 10.5 Å². The first-order valence-electron chi connectivity index (χ1n) is 15.5. The predicted octanol–water partition coefficient (Wildman–Crippen LogP) is 4.56. The molecule has 3 aromatic carbocycles. The summed E-state index contributed by atoms with van der Waals surface area (Å²) in [7, 11) is 1.81. The number of anilines is 1. The fourth-order valence-corrected chi connectivity index (χ4v) is 5.85. The number of pyridine rings is 1. The van der Waals surface area contributed by atoms with Gasteiger partial charge in [0.15, 0.2) is 0 Å². The maximum absolute atomic E-state index is 14.9. The van der Waals surface area contributed by atoms with E-state index in [1.54, 1.807) is 28.5 Å². The lowest BCUT2D eigenvalue weighted by Crippen LogP contribution is -2.42. The average molecular weight is 674 g/mol. The Morgan fingerprint density at radius 2 is 1.78 bits per heavy atom. The van der Waals surface area contributed by atoms with Crippen LogP contribution >= 0.6 is 0 Å². The van der Waals surface area contributed by atoms with Crippen molar-refractivity contribution in [3.8, 4) is 34.4 Å². The molecule has 6 rings (SSSR count). The molecule has 0 bridgehead atoms. The summed E-state index contributed by atoms with van der Waals surface area (Å²) in [5.74, 6) is -0.710. The smallest absolute Gasteiger partial charge is 0.290 e. The number of rotatable bonds is 8. The zero-order valence-electron chi connectivity index (χ0n) is 26.9. The molecule has 1 aliphatic heterocycles. The molecule has 0 spiro atoms. The van der Waals surface area contributed by atoms with Gasteiger partial charge in [0.2, 0.25) is 0 Å². The van der Waals surface area contributed by atoms with Crippen LogP contribution in [0.25, 0.3) is 39.4 Å². The van der Waals surface area contributed by atoms with Crippen molar-refractivity contribution in [3.63, 3.8) is 0 Å². The topological polar surface area (TPSA) is 193 Å². The summed E-state index contributed by atoms with van der Waals surface area (Å²) in [6, 6.07) is 22.3. The standard InChI is InChI=1S/C35H30FN9O2.CH2O2/c1-44-32-10-9-24(17-31(32)41-43-44)29-21-40-35(28(19-38)34(29)25-7-8-26(18-37)30(36)16-25)45-14-12-27(13-15-45)39-20-23-4-2-22(3-5-23)6-11-33(46)42-47;2-1-3/h2-11,16-17,21,27,39,47H,12-15,20H2,1H3,(H,42,46);1H,(H,2,3)/b11-6+;. The Labute approximate surface area is 286 Å². The Morgan fingerprint density at radius 1 is 1.06 bits per heavy atom. The maximum Gasteiger partial charge on any atom is 0.290 e. The molecule has 5 aromatic rings. The summed E-state index contributed by atoms with van der Waals surface area (Å²) in [5.41, 5.74) is 7.73. The fraction of sp³-hybridized carbons (Fsp3) is 0.194. The molecule has 0 unspecified atom stereocenters. The number of benzene rings is 3. The minimum absolute atomic E-state index is 0.0708. The molecule has 3 heterocycles. The Balaban J connectivity index is 0.00000156. The third-order valence-corrected chi connectivity index (χ3v) is 8.38. The number of carboxylic acid groups (broad SMARTS) is 1. The molecule has 0 aliphatic carbocycles. The van der Waals surface area contributed by atoms with Crippen LogP contribution in [0.4, 0.5) is 10.2 Å². The SMILES string of the molecule is Cn1nnc2cc(-c3cnc(N4CCC(NCc5ccc(/C=C/C(=O)NO)cc5)CC4)c(C#N)c3-c3ccc(C#N)c(F)c3)ccc21.O=CO. The van der Waals surface area contributed by atoms with Gasteiger partial charge in [-0.1, -0.05) is 41.6 Å². The van der Waals surface area contributed by atoms with Gasteiger partial charge >= 0.3 is 0 Å². The zero-order valence-corrected chi connectivity index (χ0v) is 26.9. The number of nitrogens with zero attached hydrogens (tertiary/aromatic N) is 7. The Bertz CT molecular complexity index is 2130. The normalized spacial score (nSPS) is 12.9. The number of carbonyl (C=O) groups is 2. The summed E-state index contributed by atoms with van der Waals surface area (Å²) >= 11 is 0. The predicted molar refractivity (Wildman–Crippen MR) is 183 cm³/mol. The first kappa shape index (κ1) is 34.8. The highest BCUT2D eigenvalue weighted by Crippen LogP contribution is 2.40. The number of fused-ring (bicyclic) bond motifs is 1. The second-order valence-corrected chi connectivity index (χ2v) is 11.4. The van der Waals surface area contributed by atoms with Gasteiger partial charge in [-0.05, 0) is 65.4 Å². The van der Waals surface area contributed by atoms with E-state index in [4.69, 9.17) is 20.1 Å². The lowest BCUT2D eigenvalue weighted by Gasteiger charge is -2.34. The average Bonchev–Trinajstić information content (AvgIpc) is 3.52. The van der Waals surface area contributed by atoms with Crippen LogP contribution in [0.3, 0.4) is 0 Å². The minimum Gasteiger partial charge on any atom is -0.483 e. The fourth-order valence-electron chi connectivity index (χ4n) is 5.85. The summed E-state index contributed by atoms with van der Waals surface area (Å²) in [5, 5.41) is 47.3. The molecule has 13 nitrogen and oxygen atoms in total. The van der Waals surface area contributed by atoms with E-state index in [0.29, 0.717) is 53.2 Å². The lowest BCUT2D eigenvalue weighted by molar-refractivity contribution is -0.124. The molecule has 14 heteroatoms. The van der Waals surface area contributed by atoms with Gasteiger partial charge in [-0.25, -0.2) is 19.5 Å². The number of nitrogens with one attached hydrogen (secondary N) is 2. The summed E-state index contributed by atoms with van der Waals surface area (Å²) in [6.07, 6.45) is 6.25. The quantitative estimate of drug-likeness (QED) is 0.0781. The highest BCUT2D eigenvalue weighted by Gasteiger charge is 2.26. The minimum atomic E-state index is -0.658. The molecule has 50 heavy (non-hydrogen) atoms. The van der Waals surface area contributed by atoms with Crippen molar-refractivity contribution in [2.24, 2.45) is 7.05 Å². The van der Waals surface area contributed by atoms with Crippen LogP contribution in [-0.2, 0) is 23.2 Å². The summed E-state index contributed by atoms with van der Waals surface area (Å²) in [4.78, 5) is 26.4. The van der Waals surface area contributed by atoms with Crippen LogP contribution in [0.2, 0.25) is 0 Å². The molecule has 0 radical (unpaired) electrons. The zero-order chi connectivity index (χ0) is 35.6. The van der Waals surface area contributed by atoms with E-state index in [-0.39, 0.29) is 18.1 Å². The summed E-state index contributed by atoms with van der Waals surface area (Å²) < 4.78 is 16.6. The van der Waals surface area contributed by atoms with Crippen molar-refractivity contribution in [1.82, 2.24) is 30.8 Å². The van der Waals surface area contributed by atoms with Gasteiger partial charge in [0, 0.05) is 56.1 Å². The van der Waals surface area contributed by atoms with Crippen molar-refractivity contribution >= 4 is 35.3 Å². The highest BCUT2D eigenvalue weighted by molar-refractivity contribution is 5.93. The van der Waals surface area contributed by atoms with Gasteiger partial charge in [-0.3, -0.25) is 14.8 Å². The molecule has 1 aliphatic rings. The molecule has 1 saturated heterocycles. The molecular weight excluding hydrogens is 641 g/mol.